The fraction of sp³-hybridized carbons (Fsp3) is 0.476. The lowest BCUT2D eigenvalue weighted by Crippen LogP contribution is -2.40. The quantitative estimate of drug-likeness (QED) is 0.576. The fourth-order valence-corrected chi connectivity index (χ4v) is 4.69. The summed E-state index contributed by atoms with van der Waals surface area (Å²) in [6, 6.07) is 6.47. The smallest absolute Gasteiger partial charge is 0.250 e. The highest BCUT2D eigenvalue weighted by Crippen LogP contribution is 2.30. The van der Waals surface area contributed by atoms with E-state index in [1.54, 1.807) is 15.6 Å². The predicted molar refractivity (Wildman–Crippen MR) is 116 cm³/mol. The first kappa shape index (κ1) is 20.9. The van der Waals surface area contributed by atoms with Gasteiger partial charge < -0.3 is 4.74 Å². The second kappa shape index (κ2) is 9.20. The van der Waals surface area contributed by atoms with E-state index >= 15 is 0 Å². The third-order valence-corrected chi connectivity index (χ3v) is 6.26. The number of carbonyl (C=O) groups is 1. The Morgan fingerprint density at radius 2 is 2.07 bits per heavy atom. The fourth-order valence-electron chi connectivity index (χ4n) is 3.65. The molecule has 1 fully saturated rings. The van der Waals surface area contributed by atoms with Gasteiger partial charge in [0.1, 0.15) is 12.4 Å². The summed E-state index contributed by atoms with van der Waals surface area (Å²) in [5.74, 6) is -0.367. The number of fused-ring (bicyclic) bond motifs is 1. The Morgan fingerprint density at radius 1 is 1.27 bits per heavy atom. The van der Waals surface area contributed by atoms with Crippen molar-refractivity contribution in [2.45, 2.75) is 26.8 Å². The number of nitrogens with zero attached hydrogens (tertiary/aromatic N) is 5. The van der Waals surface area contributed by atoms with E-state index in [-0.39, 0.29) is 18.3 Å². The number of hydrogen-bond acceptors (Lipinski definition) is 6. The topological polar surface area (TPSA) is 63.5 Å². The number of amides is 1. The molecule has 4 rings (SSSR count). The maximum absolute atomic E-state index is 13.6. The maximum Gasteiger partial charge on any atom is 0.250 e. The van der Waals surface area contributed by atoms with Crippen molar-refractivity contribution in [3.8, 4) is 0 Å². The van der Waals surface area contributed by atoms with Crippen LogP contribution in [0.5, 0.6) is 0 Å². The number of benzene rings is 1. The molecule has 7 nitrogen and oxygen atoms in total. The molecule has 2 aromatic heterocycles. The molecule has 0 bridgehead atoms. The van der Waals surface area contributed by atoms with E-state index in [1.807, 2.05) is 19.9 Å². The number of thiazole rings is 1. The zero-order valence-corrected chi connectivity index (χ0v) is 18.1. The SMILES string of the molecule is Cc1cc(C)n(CC(=O)N(CCCN2CCOCC2)c2nc3ccc(F)cc3s2)n1. The van der Waals surface area contributed by atoms with Gasteiger partial charge in [0.2, 0.25) is 0 Å². The average Bonchev–Trinajstić information content (AvgIpc) is 3.27. The Labute approximate surface area is 179 Å². The highest BCUT2D eigenvalue weighted by Gasteiger charge is 2.22. The van der Waals surface area contributed by atoms with Crippen LogP contribution in [-0.2, 0) is 16.1 Å². The van der Waals surface area contributed by atoms with Crippen molar-refractivity contribution in [2.24, 2.45) is 0 Å². The minimum atomic E-state index is -0.300. The summed E-state index contributed by atoms with van der Waals surface area (Å²) in [4.78, 5) is 21.9. The summed E-state index contributed by atoms with van der Waals surface area (Å²) in [7, 11) is 0. The molecule has 30 heavy (non-hydrogen) atoms. The Bertz CT molecular complexity index is 1030. The van der Waals surface area contributed by atoms with Gasteiger partial charge >= 0.3 is 0 Å². The van der Waals surface area contributed by atoms with Crippen LogP contribution >= 0.6 is 11.3 Å². The van der Waals surface area contributed by atoms with Crippen LogP contribution in [-0.4, -0.2) is 65.0 Å². The van der Waals surface area contributed by atoms with Gasteiger partial charge in [0.15, 0.2) is 5.13 Å². The highest BCUT2D eigenvalue weighted by atomic mass is 32.1. The first-order valence-corrected chi connectivity index (χ1v) is 11.0. The Hall–Kier alpha value is -2.36. The van der Waals surface area contributed by atoms with Crippen molar-refractivity contribution in [3.05, 3.63) is 41.5 Å². The van der Waals surface area contributed by atoms with Gasteiger partial charge in [-0.2, -0.15) is 5.10 Å². The summed E-state index contributed by atoms with van der Waals surface area (Å²) in [5, 5.41) is 5.02. The van der Waals surface area contributed by atoms with Gasteiger partial charge in [-0.1, -0.05) is 11.3 Å². The van der Waals surface area contributed by atoms with Gasteiger partial charge in [-0.3, -0.25) is 19.3 Å². The van der Waals surface area contributed by atoms with Crippen LogP contribution in [0.3, 0.4) is 0 Å². The van der Waals surface area contributed by atoms with E-state index in [0.29, 0.717) is 17.2 Å². The Balaban J connectivity index is 1.52. The number of rotatable bonds is 7. The molecule has 0 unspecified atom stereocenters. The lowest BCUT2D eigenvalue weighted by molar-refractivity contribution is -0.119. The van der Waals surface area contributed by atoms with Gasteiger partial charge in [0.05, 0.1) is 29.1 Å². The number of carbonyl (C=O) groups excluding carboxylic acids is 1. The lowest BCUT2D eigenvalue weighted by Gasteiger charge is -2.27. The third kappa shape index (κ3) is 4.85. The van der Waals surface area contributed by atoms with Gasteiger partial charge in [0, 0.05) is 31.9 Å². The Kier molecular flexibility index (Phi) is 6.40. The highest BCUT2D eigenvalue weighted by molar-refractivity contribution is 7.22. The van der Waals surface area contributed by atoms with Crippen molar-refractivity contribution in [1.82, 2.24) is 19.7 Å². The summed E-state index contributed by atoms with van der Waals surface area (Å²) < 4.78 is 21.5. The summed E-state index contributed by atoms with van der Waals surface area (Å²) in [6.07, 6.45) is 0.827. The number of hydrogen-bond donors (Lipinski definition) is 0. The molecule has 0 radical (unpaired) electrons. The molecule has 0 spiro atoms. The third-order valence-electron chi connectivity index (χ3n) is 5.22. The largest absolute Gasteiger partial charge is 0.379 e. The number of ether oxygens (including phenoxy) is 1. The molecule has 1 saturated heterocycles. The zero-order valence-electron chi connectivity index (χ0n) is 17.3. The van der Waals surface area contributed by atoms with E-state index in [2.05, 4.69) is 15.0 Å². The van der Waals surface area contributed by atoms with Gasteiger partial charge in [-0.15, -0.1) is 0 Å². The molecule has 0 saturated carbocycles. The average molecular weight is 432 g/mol. The molecule has 3 heterocycles. The molecule has 3 aromatic rings. The molecular weight excluding hydrogens is 405 g/mol. The van der Waals surface area contributed by atoms with Gasteiger partial charge in [-0.05, 0) is 44.5 Å². The van der Waals surface area contributed by atoms with Crippen LogP contribution in [0.25, 0.3) is 10.2 Å². The monoisotopic (exact) mass is 431 g/mol. The van der Waals surface area contributed by atoms with Gasteiger partial charge in [0.25, 0.3) is 5.91 Å². The van der Waals surface area contributed by atoms with Crippen molar-refractivity contribution in [1.29, 1.82) is 0 Å². The maximum atomic E-state index is 13.6. The van der Waals surface area contributed by atoms with Crippen LogP contribution in [0.15, 0.2) is 24.3 Å². The molecule has 0 N–H and O–H groups in total. The molecule has 1 aliphatic heterocycles. The molecule has 1 aliphatic rings. The van der Waals surface area contributed by atoms with Crippen molar-refractivity contribution in [2.75, 3.05) is 44.3 Å². The number of aryl methyl sites for hydroxylation is 2. The standard InChI is InChI=1S/C21H26FN5O2S/c1-15-12-16(2)27(24-15)14-20(28)26(7-3-6-25-8-10-29-11-9-25)21-23-18-5-4-17(22)13-19(18)30-21/h4-5,12-13H,3,6-11,14H2,1-2H3. The van der Waals surface area contributed by atoms with E-state index in [0.717, 1.165) is 55.4 Å². The van der Waals surface area contributed by atoms with Gasteiger partial charge in [-0.25, -0.2) is 9.37 Å². The summed E-state index contributed by atoms with van der Waals surface area (Å²) in [5.41, 5.74) is 2.53. The van der Waals surface area contributed by atoms with E-state index in [4.69, 9.17) is 4.74 Å². The molecule has 1 aromatic carbocycles. The number of anilines is 1. The van der Waals surface area contributed by atoms with Crippen LogP contribution in [0, 0.1) is 19.7 Å². The van der Waals surface area contributed by atoms with Crippen LogP contribution < -0.4 is 4.90 Å². The zero-order chi connectivity index (χ0) is 21.1. The predicted octanol–water partition coefficient (Wildman–Crippen LogP) is 3.00. The second-order valence-corrected chi connectivity index (χ2v) is 8.56. The molecule has 160 valence electrons. The molecule has 9 heteroatoms. The minimum Gasteiger partial charge on any atom is -0.379 e. The van der Waals surface area contributed by atoms with Crippen molar-refractivity contribution >= 4 is 32.6 Å². The normalized spacial score (nSPS) is 15.0. The van der Waals surface area contributed by atoms with E-state index in [9.17, 15) is 9.18 Å². The Morgan fingerprint density at radius 3 is 2.80 bits per heavy atom. The van der Waals surface area contributed by atoms with Crippen molar-refractivity contribution < 1.29 is 13.9 Å². The molecule has 0 aliphatic carbocycles. The molecule has 0 atom stereocenters. The summed E-state index contributed by atoms with van der Waals surface area (Å²) in [6.45, 7) is 8.80. The van der Waals surface area contributed by atoms with Crippen molar-refractivity contribution in [3.63, 3.8) is 0 Å². The minimum absolute atomic E-state index is 0.0669. The number of halogens is 1. The first-order valence-electron chi connectivity index (χ1n) is 10.2. The van der Waals surface area contributed by atoms with E-state index < -0.39 is 0 Å². The first-order chi connectivity index (χ1) is 14.5. The van der Waals surface area contributed by atoms with Crippen LogP contribution in [0.4, 0.5) is 9.52 Å². The lowest BCUT2D eigenvalue weighted by atomic mass is 10.3. The summed E-state index contributed by atoms with van der Waals surface area (Å²) >= 11 is 1.34. The number of morpholine rings is 1. The molecular formula is C21H26FN5O2S. The second-order valence-electron chi connectivity index (χ2n) is 7.55. The van der Waals surface area contributed by atoms with Crippen LogP contribution in [0.2, 0.25) is 0 Å². The van der Waals surface area contributed by atoms with E-state index in [1.165, 1.54) is 23.5 Å². The van der Waals surface area contributed by atoms with Crippen LogP contribution in [0.1, 0.15) is 17.8 Å². The molecule has 1 amide bonds. The number of aromatic nitrogens is 3.